The van der Waals surface area contributed by atoms with Gasteiger partial charge in [-0.2, -0.15) is 5.10 Å². The Labute approximate surface area is 140 Å². The highest BCUT2D eigenvalue weighted by Crippen LogP contribution is 2.24. The van der Waals surface area contributed by atoms with Gasteiger partial charge in [0.1, 0.15) is 11.0 Å². The number of imidazole rings is 1. The average Bonchev–Trinajstić information content (AvgIpc) is 2.99. The lowest BCUT2D eigenvalue weighted by atomic mass is 10.1. The van der Waals surface area contributed by atoms with E-state index < -0.39 is 0 Å². The number of anilines is 1. The van der Waals surface area contributed by atoms with Gasteiger partial charge in [0.15, 0.2) is 0 Å². The van der Waals surface area contributed by atoms with Crippen LogP contribution >= 0.6 is 0 Å². The molecule has 1 aliphatic heterocycles. The van der Waals surface area contributed by atoms with Gasteiger partial charge in [-0.25, -0.2) is 9.67 Å². The molecule has 0 saturated carbocycles. The molecule has 0 bridgehead atoms. The van der Waals surface area contributed by atoms with Crippen LogP contribution in [0, 0.1) is 0 Å². The standard InChI is InChI=1S/C18H21N5O/c1-21-17(24)16-15(12-19-21)20-18(22-10-6-3-7-11-22)23(16)13-14-8-4-2-5-9-14/h2,4-5,8-9,12H,3,6-7,10-11,13H2,1H3. The highest BCUT2D eigenvalue weighted by Gasteiger charge is 2.21. The van der Waals surface area contributed by atoms with Crippen molar-refractivity contribution in [3.63, 3.8) is 0 Å². The first-order valence-corrected chi connectivity index (χ1v) is 8.45. The topological polar surface area (TPSA) is 56.0 Å². The number of aryl methyl sites for hydroxylation is 1. The van der Waals surface area contributed by atoms with E-state index in [2.05, 4.69) is 26.7 Å². The summed E-state index contributed by atoms with van der Waals surface area (Å²) >= 11 is 0. The van der Waals surface area contributed by atoms with E-state index in [1.54, 1.807) is 13.2 Å². The molecule has 0 spiro atoms. The molecule has 2 aromatic heterocycles. The van der Waals surface area contributed by atoms with Crippen LogP contribution in [0.3, 0.4) is 0 Å². The molecule has 0 aliphatic carbocycles. The minimum absolute atomic E-state index is 0.0980. The Hall–Kier alpha value is -2.63. The SMILES string of the molecule is Cn1ncc2nc(N3CCCCC3)n(Cc3ccccc3)c2c1=O. The maximum atomic E-state index is 12.7. The molecule has 0 amide bonds. The maximum absolute atomic E-state index is 12.7. The fraction of sp³-hybridized carbons (Fsp3) is 0.389. The van der Waals surface area contributed by atoms with Crippen molar-refractivity contribution in [2.24, 2.45) is 7.05 Å². The van der Waals surface area contributed by atoms with Crippen molar-refractivity contribution in [2.45, 2.75) is 25.8 Å². The van der Waals surface area contributed by atoms with Crippen LogP contribution < -0.4 is 10.5 Å². The third-order valence-corrected chi connectivity index (χ3v) is 4.65. The molecule has 1 saturated heterocycles. The smallest absolute Gasteiger partial charge is 0.292 e. The minimum atomic E-state index is -0.0980. The first-order chi connectivity index (χ1) is 11.7. The summed E-state index contributed by atoms with van der Waals surface area (Å²) in [4.78, 5) is 19.7. The third kappa shape index (κ3) is 2.58. The number of aromatic nitrogens is 4. The van der Waals surface area contributed by atoms with Crippen molar-refractivity contribution < 1.29 is 0 Å². The van der Waals surface area contributed by atoms with E-state index in [1.807, 2.05) is 18.2 Å². The number of rotatable bonds is 3. The monoisotopic (exact) mass is 323 g/mol. The fourth-order valence-electron chi connectivity index (χ4n) is 3.37. The number of hydrogen-bond acceptors (Lipinski definition) is 4. The summed E-state index contributed by atoms with van der Waals surface area (Å²) in [6.07, 6.45) is 5.29. The van der Waals surface area contributed by atoms with Crippen LogP contribution in [0.1, 0.15) is 24.8 Å². The van der Waals surface area contributed by atoms with Gasteiger partial charge in [0.25, 0.3) is 5.56 Å². The Balaban J connectivity index is 1.89. The summed E-state index contributed by atoms with van der Waals surface area (Å²) in [5.41, 5.74) is 2.37. The number of hydrogen-bond donors (Lipinski definition) is 0. The summed E-state index contributed by atoms with van der Waals surface area (Å²) in [6, 6.07) is 10.2. The molecule has 3 heterocycles. The van der Waals surface area contributed by atoms with E-state index in [0.717, 1.165) is 24.6 Å². The summed E-state index contributed by atoms with van der Waals surface area (Å²) in [5, 5.41) is 4.12. The van der Waals surface area contributed by atoms with Gasteiger partial charge in [0.05, 0.1) is 12.7 Å². The van der Waals surface area contributed by atoms with Crippen molar-refractivity contribution in [1.29, 1.82) is 0 Å². The minimum Gasteiger partial charge on any atom is -0.342 e. The molecule has 1 fully saturated rings. The first-order valence-electron chi connectivity index (χ1n) is 8.45. The Morgan fingerprint density at radius 1 is 1.08 bits per heavy atom. The summed E-state index contributed by atoms with van der Waals surface area (Å²) < 4.78 is 3.44. The fourth-order valence-corrected chi connectivity index (χ4v) is 3.37. The lowest BCUT2D eigenvalue weighted by Crippen LogP contribution is -2.32. The molecule has 24 heavy (non-hydrogen) atoms. The van der Waals surface area contributed by atoms with Crippen molar-refractivity contribution in [3.05, 3.63) is 52.4 Å². The molecule has 0 unspecified atom stereocenters. The molecule has 4 rings (SSSR count). The van der Waals surface area contributed by atoms with E-state index >= 15 is 0 Å². The van der Waals surface area contributed by atoms with Crippen molar-refractivity contribution >= 4 is 17.0 Å². The summed E-state index contributed by atoms with van der Waals surface area (Å²) in [6.45, 7) is 2.63. The van der Waals surface area contributed by atoms with Gasteiger partial charge in [-0.15, -0.1) is 0 Å². The van der Waals surface area contributed by atoms with Crippen LogP contribution in [-0.2, 0) is 13.6 Å². The number of nitrogens with zero attached hydrogens (tertiary/aromatic N) is 5. The van der Waals surface area contributed by atoms with Gasteiger partial charge in [0.2, 0.25) is 5.95 Å². The largest absolute Gasteiger partial charge is 0.342 e. The molecule has 3 aromatic rings. The molecule has 6 nitrogen and oxygen atoms in total. The molecule has 1 aromatic carbocycles. The van der Waals surface area contributed by atoms with Crippen molar-refractivity contribution in [1.82, 2.24) is 19.3 Å². The van der Waals surface area contributed by atoms with E-state index in [-0.39, 0.29) is 5.56 Å². The summed E-state index contributed by atoms with van der Waals surface area (Å²) in [7, 11) is 1.68. The number of piperidine rings is 1. The zero-order valence-electron chi connectivity index (χ0n) is 13.9. The molecular weight excluding hydrogens is 302 g/mol. The predicted octanol–water partition coefficient (Wildman–Crippen LogP) is 2.17. The highest BCUT2D eigenvalue weighted by molar-refractivity contribution is 5.77. The van der Waals surface area contributed by atoms with Gasteiger partial charge in [-0.05, 0) is 24.8 Å². The predicted molar refractivity (Wildman–Crippen MR) is 94.4 cm³/mol. The van der Waals surface area contributed by atoms with Gasteiger partial charge < -0.3 is 9.47 Å². The van der Waals surface area contributed by atoms with Crippen LogP contribution in [0.5, 0.6) is 0 Å². The molecule has 1 aliphatic rings. The van der Waals surface area contributed by atoms with Crippen LogP contribution in [-0.4, -0.2) is 32.4 Å². The van der Waals surface area contributed by atoms with Crippen molar-refractivity contribution in [3.8, 4) is 0 Å². The normalized spacial score (nSPS) is 15.1. The van der Waals surface area contributed by atoms with Crippen LogP contribution in [0.2, 0.25) is 0 Å². The van der Waals surface area contributed by atoms with Crippen LogP contribution in [0.15, 0.2) is 41.3 Å². The highest BCUT2D eigenvalue weighted by atomic mass is 16.1. The van der Waals surface area contributed by atoms with E-state index in [0.29, 0.717) is 17.6 Å². The maximum Gasteiger partial charge on any atom is 0.292 e. The van der Waals surface area contributed by atoms with Crippen LogP contribution in [0.4, 0.5) is 5.95 Å². The second-order valence-corrected chi connectivity index (χ2v) is 6.34. The van der Waals surface area contributed by atoms with Gasteiger partial charge in [0, 0.05) is 20.1 Å². The second kappa shape index (κ2) is 6.11. The third-order valence-electron chi connectivity index (χ3n) is 4.65. The Morgan fingerprint density at radius 2 is 1.83 bits per heavy atom. The Bertz CT molecular complexity index is 906. The van der Waals surface area contributed by atoms with E-state index in [4.69, 9.17) is 4.98 Å². The zero-order valence-corrected chi connectivity index (χ0v) is 13.9. The molecule has 0 N–H and O–H groups in total. The number of fused-ring (bicyclic) bond motifs is 1. The van der Waals surface area contributed by atoms with E-state index in [1.165, 1.54) is 23.9 Å². The number of benzene rings is 1. The quantitative estimate of drug-likeness (QED) is 0.741. The molecule has 124 valence electrons. The summed E-state index contributed by atoms with van der Waals surface area (Å²) in [5.74, 6) is 0.888. The zero-order chi connectivity index (χ0) is 16.5. The second-order valence-electron chi connectivity index (χ2n) is 6.34. The van der Waals surface area contributed by atoms with Gasteiger partial charge >= 0.3 is 0 Å². The van der Waals surface area contributed by atoms with E-state index in [9.17, 15) is 4.79 Å². The van der Waals surface area contributed by atoms with Crippen LogP contribution in [0.25, 0.3) is 11.0 Å². The Kier molecular flexibility index (Phi) is 3.80. The van der Waals surface area contributed by atoms with Crippen molar-refractivity contribution in [2.75, 3.05) is 18.0 Å². The molecule has 6 heteroatoms. The molecule has 0 radical (unpaired) electrons. The lowest BCUT2D eigenvalue weighted by molar-refractivity contribution is 0.560. The van der Waals surface area contributed by atoms with Gasteiger partial charge in [-0.3, -0.25) is 4.79 Å². The van der Waals surface area contributed by atoms with Gasteiger partial charge in [-0.1, -0.05) is 30.3 Å². The lowest BCUT2D eigenvalue weighted by Gasteiger charge is -2.28. The Morgan fingerprint density at radius 3 is 2.58 bits per heavy atom. The molecule has 0 atom stereocenters. The molecular formula is C18H21N5O. The first kappa shape index (κ1) is 14.9. The average molecular weight is 323 g/mol.